The largest absolute Gasteiger partial charge is 0.462 e. The lowest BCUT2D eigenvalue weighted by atomic mass is 10.0. The van der Waals surface area contributed by atoms with Gasteiger partial charge in [0.1, 0.15) is 6.10 Å². The minimum Gasteiger partial charge on any atom is -0.462 e. The van der Waals surface area contributed by atoms with Gasteiger partial charge in [-0.3, -0.25) is 9.59 Å². The van der Waals surface area contributed by atoms with Crippen LogP contribution in [0, 0.1) is 0 Å². The highest BCUT2D eigenvalue weighted by Gasteiger charge is 2.24. The Balaban J connectivity index is 4.56. The summed E-state index contributed by atoms with van der Waals surface area (Å²) < 4.78 is 5.92. The lowest BCUT2D eigenvalue weighted by molar-refractivity contribution is -0.151. The summed E-state index contributed by atoms with van der Waals surface area (Å²) in [4.78, 5) is 26.1. The lowest BCUT2D eigenvalue weighted by Gasteiger charge is -2.24. The third kappa shape index (κ3) is 44.4. The van der Waals surface area contributed by atoms with E-state index in [1.165, 1.54) is 148 Å². The number of hydrogen-bond acceptors (Lipinski definition) is 5. The fourth-order valence-electron chi connectivity index (χ4n) is 8.13. The topological polar surface area (TPSA) is 95.9 Å². The van der Waals surface area contributed by atoms with Gasteiger partial charge in [0.2, 0.25) is 5.91 Å². The number of unbranched alkanes of at least 4 members (excludes halogenated alkanes) is 28. The lowest BCUT2D eigenvalue weighted by Crippen LogP contribution is -2.46. The van der Waals surface area contributed by atoms with Gasteiger partial charge >= 0.3 is 5.97 Å². The number of aliphatic hydroxyl groups excluding tert-OH is 2. The van der Waals surface area contributed by atoms with Crippen molar-refractivity contribution in [1.29, 1.82) is 0 Å². The third-order valence-corrected chi connectivity index (χ3v) is 12.2. The van der Waals surface area contributed by atoms with Crippen LogP contribution in [0.3, 0.4) is 0 Å². The van der Waals surface area contributed by atoms with Crippen LogP contribution in [0.2, 0.25) is 0 Å². The molecule has 3 N–H and O–H groups in total. The molecule has 0 aliphatic heterocycles. The van der Waals surface area contributed by atoms with Crippen LogP contribution in [0.25, 0.3) is 0 Å². The number of rotatable bonds is 48. The van der Waals surface area contributed by atoms with Crippen LogP contribution in [0.1, 0.15) is 271 Å². The standard InChI is InChI=1S/C56H103NO5/c1-4-7-10-13-16-19-22-24-26-27-28-29-30-32-34-37-40-43-46-49-56(61)62-52(47-44-41-38-35-33-31-25-23-20-17-14-11-8-5-2)50-55(60)57-53(51-58)54(59)48-45-42-39-36-21-18-15-12-9-6-3/h8,11,17,20,25,31,35,38,52-54,58-59H,4-7,9-10,12-16,18-19,21-24,26-30,32-34,36-37,39-51H2,1-3H3,(H,57,60)/b11-8+,20-17+,31-25+,38-35+. The molecule has 6 nitrogen and oxygen atoms in total. The van der Waals surface area contributed by atoms with Gasteiger partial charge in [0.05, 0.1) is 25.2 Å². The summed E-state index contributed by atoms with van der Waals surface area (Å²) in [5, 5.41) is 23.7. The van der Waals surface area contributed by atoms with Crippen molar-refractivity contribution in [3.8, 4) is 0 Å². The summed E-state index contributed by atoms with van der Waals surface area (Å²) >= 11 is 0. The third-order valence-electron chi connectivity index (χ3n) is 12.2. The van der Waals surface area contributed by atoms with Gasteiger partial charge in [-0.15, -0.1) is 0 Å². The summed E-state index contributed by atoms with van der Waals surface area (Å²) in [6.45, 7) is 6.36. The first-order chi connectivity index (χ1) is 30.5. The van der Waals surface area contributed by atoms with E-state index in [9.17, 15) is 19.8 Å². The number of ether oxygens (including phenoxy) is 1. The molecule has 0 saturated heterocycles. The fraction of sp³-hybridized carbons (Fsp3) is 0.821. The average molecular weight is 870 g/mol. The van der Waals surface area contributed by atoms with Gasteiger partial charge in [-0.25, -0.2) is 0 Å². The molecule has 0 spiro atoms. The quantitative estimate of drug-likeness (QED) is 0.0322. The van der Waals surface area contributed by atoms with E-state index in [4.69, 9.17) is 4.74 Å². The number of amides is 1. The zero-order valence-electron chi connectivity index (χ0n) is 41.3. The molecule has 0 rings (SSSR count). The van der Waals surface area contributed by atoms with Crippen LogP contribution >= 0.6 is 0 Å². The second-order valence-corrected chi connectivity index (χ2v) is 18.3. The second-order valence-electron chi connectivity index (χ2n) is 18.3. The Hall–Kier alpha value is -2.18. The molecule has 0 aliphatic rings. The van der Waals surface area contributed by atoms with Crippen LogP contribution in [-0.2, 0) is 14.3 Å². The minimum absolute atomic E-state index is 0.0423. The summed E-state index contributed by atoms with van der Waals surface area (Å²) in [5.74, 6) is -0.519. The van der Waals surface area contributed by atoms with Crippen molar-refractivity contribution >= 4 is 11.9 Å². The van der Waals surface area contributed by atoms with Crippen LogP contribution in [0.15, 0.2) is 48.6 Å². The van der Waals surface area contributed by atoms with Crippen molar-refractivity contribution in [2.45, 2.75) is 289 Å². The van der Waals surface area contributed by atoms with Gasteiger partial charge in [0.25, 0.3) is 0 Å². The number of hydrogen-bond donors (Lipinski definition) is 3. The Morgan fingerprint density at radius 2 is 0.871 bits per heavy atom. The molecule has 0 heterocycles. The molecule has 0 aromatic rings. The van der Waals surface area contributed by atoms with Crippen molar-refractivity contribution in [2.24, 2.45) is 0 Å². The molecule has 0 saturated carbocycles. The molecule has 3 unspecified atom stereocenters. The van der Waals surface area contributed by atoms with Gasteiger partial charge < -0.3 is 20.3 Å². The minimum atomic E-state index is -0.800. The molecular weight excluding hydrogens is 767 g/mol. The van der Waals surface area contributed by atoms with Crippen LogP contribution in [0.5, 0.6) is 0 Å². The summed E-state index contributed by atoms with van der Waals surface area (Å²) in [7, 11) is 0. The molecular formula is C56H103NO5. The molecule has 0 radical (unpaired) electrons. The monoisotopic (exact) mass is 870 g/mol. The van der Waals surface area contributed by atoms with E-state index in [-0.39, 0.29) is 24.9 Å². The van der Waals surface area contributed by atoms with E-state index in [1.807, 2.05) is 0 Å². The first kappa shape index (κ1) is 59.8. The number of nitrogens with one attached hydrogen (secondary N) is 1. The van der Waals surface area contributed by atoms with Crippen LogP contribution in [0.4, 0.5) is 0 Å². The predicted octanol–water partition coefficient (Wildman–Crippen LogP) is 16.2. The summed E-state index contributed by atoms with van der Waals surface area (Å²) in [5.41, 5.74) is 0. The fourth-order valence-corrected chi connectivity index (χ4v) is 8.13. The maximum Gasteiger partial charge on any atom is 0.306 e. The molecule has 0 aromatic heterocycles. The van der Waals surface area contributed by atoms with Gasteiger partial charge in [0.15, 0.2) is 0 Å². The average Bonchev–Trinajstić information content (AvgIpc) is 3.26. The van der Waals surface area contributed by atoms with Crippen molar-refractivity contribution in [1.82, 2.24) is 5.32 Å². The Bertz CT molecular complexity index is 1070. The molecule has 3 atom stereocenters. The van der Waals surface area contributed by atoms with Gasteiger partial charge in [-0.1, -0.05) is 249 Å². The SMILES string of the molecule is CC/C=C/C/C=C/C/C=C/C/C=C/CCCC(CC(=O)NC(CO)C(O)CCCCCCCCCCCC)OC(=O)CCCCCCCCCCCCCCCCCCCCC. The van der Waals surface area contributed by atoms with Gasteiger partial charge in [0, 0.05) is 6.42 Å². The number of carbonyl (C=O) groups is 2. The highest BCUT2D eigenvalue weighted by Crippen LogP contribution is 2.18. The van der Waals surface area contributed by atoms with Crippen molar-refractivity contribution in [3.63, 3.8) is 0 Å². The van der Waals surface area contributed by atoms with Crippen molar-refractivity contribution in [2.75, 3.05) is 6.61 Å². The highest BCUT2D eigenvalue weighted by molar-refractivity contribution is 5.77. The molecule has 0 bridgehead atoms. The van der Waals surface area contributed by atoms with E-state index in [1.54, 1.807) is 0 Å². The smallest absolute Gasteiger partial charge is 0.306 e. The van der Waals surface area contributed by atoms with E-state index < -0.39 is 18.2 Å². The first-order valence-corrected chi connectivity index (χ1v) is 26.9. The molecule has 62 heavy (non-hydrogen) atoms. The predicted molar refractivity (Wildman–Crippen MR) is 269 cm³/mol. The Morgan fingerprint density at radius 1 is 0.484 bits per heavy atom. The number of allylic oxidation sites excluding steroid dienone is 8. The number of aliphatic hydroxyl groups is 2. The Labute approximate surface area is 385 Å². The van der Waals surface area contributed by atoms with E-state index in [0.717, 1.165) is 77.0 Å². The van der Waals surface area contributed by atoms with Crippen LogP contribution < -0.4 is 5.32 Å². The molecule has 0 aromatic carbocycles. The Kier molecular flexibility index (Phi) is 48.1. The number of carbonyl (C=O) groups excluding carboxylic acids is 2. The maximum absolute atomic E-state index is 13.2. The highest BCUT2D eigenvalue weighted by atomic mass is 16.5. The van der Waals surface area contributed by atoms with Crippen molar-refractivity contribution < 1.29 is 24.5 Å². The normalized spacial score (nSPS) is 13.6. The van der Waals surface area contributed by atoms with Crippen molar-refractivity contribution in [3.05, 3.63) is 48.6 Å². The second kappa shape index (κ2) is 49.8. The van der Waals surface area contributed by atoms with Gasteiger partial charge in [-0.05, 0) is 57.8 Å². The first-order valence-electron chi connectivity index (χ1n) is 26.9. The molecule has 0 fully saturated rings. The molecule has 362 valence electrons. The van der Waals surface area contributed by atoms with E-state index >= 15 is 0 Å². The zero-order valence-corrected chi connectivity index (χ0v) is 41.3. The van der Waals surface area contributed by atoms with Gasteiger partial charge in [-0.2, -0.15) is 0 Å². The zero-order chi connectivity index (χ0) is 45.2. The summed E-state index contributed by atoms with van der Waals surface area (Å²) in [6, 6.07) is -0.716. The Morgan fingerprint density at radius 3 is 1.29 bits per heavy atom. The van der Waals surface area contributed by atoms with E-state index in [0.29, 0.717) is 19.3 Å². The molecule has 1 amide bonds. The van der Waals surface area contributed by atoms with E-state index in [2.05, 4.69) is 74.7 Å². The summed E-state index contributed by atoms with van der Waals surface area (Å²) in [6.07, 6.45) is 60.4. The molecule has 6 heteroatoms. The maximum atomic E-state index is 13.2. The molecule has 0 aliphatic carbocycles. The number of esters is 1. The van der Waals surface area contributed by atoms with Crippen LogP contribution in [-0.4, -0.2) is 46.9 Å².